The van der Waals surface area contributed by atoms with Crippen LogP contribution in [0, 0.1) is 10.1 Å². The minimum Gasteiger partial charge on any atom is -0.258 e. The number of hydrogen-bond donors (Lipinski definition) is 0. The van der Waals surface area contributed by atoms with Gasteiger partial charge in [-0.15, -0.1) is 0 Å². The smallest absolute Gasteiger partial charge is 0.258 e. The van der Waals surface area contributed by atoms with Crippen LogP contribution in [0.4, 0.5) is 5.69 Å². The lowest BCUT2D eigenvalue weighted by Gasteiger charge is -2.11. The van der Waals surface area contributed by atoms with Gasteiger partial charge in [0.2, 0.25) is 0 Å². The van der Waals surface area contributed by atoms with E-state index >= 15 is 0 Å². The van der Waals surface area contributed by atoms with E-state index in [1.807, 2.05) is 12.1 Å². The number of nitrogens with zero attached hydrogens (tertiary/aromatic N) is 3. The Hall–Kier alpha value is -2.79. The van der Waals surface area contributed by atoms with Gasteiger partial charge in [0, 0.05) is 28.8 Å². The Morgan fingerprint density at radius 1 is 1.00 bits per heavy atom. The van der Waals surface area contributed by atoms with E-state index in [1.165, 1.54) is 17.7 Å². The molecular weight excluding hydrogens is 338 g/mol. The van der Waals surface area contributed by atoms with Crippen molar-refractivity contribution in [3.8, 4) is 22.6 Å². The van der Waals surface area contributed by atoms with Crippen molar-refractivity contribution in [1.29, 1.82) is 0 Å². The van der Waals surface area contributed by atoms with Crippen LogP contribution in [-0.2, 0) is 12.8 Å². The van der Waals surface area contributed by atoms with Gasteiger partial charge in [0.1, 0.15) is 5.15 Å². The second-order valence-corrected chi connectivity index (χ2v) is 6.34. The average Bonchev–Trinajstić information content (AvgIpc) is 2.82. The van der Waals surface area contributed by atoms with E-state index < -0.39 is 4.92 Å². The van der Waals surface area contributed by atoms with Gasteiger partial charge in [-0.2, -0.15) is 0 Å². The summed E-state index contributed by atoms with van der Waals surface area (Å²) in [6.45, 7) is 0. The van der Waals surface area contributed by atoms with Crippen molar-refractivity contribution in [2.24, 2.45) is 0 Å². The Morgan fingerprint density at radius 3 is 2.52 bits per heavy atom. The molecule has 6 heteroatoms. The van der Waals surface area contributed by atoms with Crippen LogP contribution in [0.1, 0.15) is 17.5 Å². The molecule has 4 rings (SSSR count). The molecule has 0 aliphatic heterocycles. The molecule has 0 saturated carbocycles. The fraction of sp³-hybridized carbons (Fsp3) is 0.158. The molecule has 1 aromatic heterocycles. The molecule has 1 aliphatic rings. The SMILES string of the molecule is O=[N+]([O-])c1ccc(-c2nc(Cl)c3c(n2)-c2ccccc2CCC3)cc1. The number of benzene rings is 2. The Balaban J connectivity index is 1.87. The van der Waals surface area contributed by atoms with E-state index in [1.54, 1.807) is 12.1 Å². The van der Waals surface area contributed by atoms with Gasteiger partial charge in [-0.3, -0.25) is 10.1 Å². The molecule has 0 unspecified atom stereocenters. The largest absolute Gasteiger partial charge is 0.269 e. The molecule has 0 bridgehead atoms. The first-order valence-electron chi connectivity index (χ1n) is 8.03. The van der Waals surface area contributed by atoms with E-state index in [2.05, 4.69) is 17.1 Å². The van der Waals surface area contributed by atoms with Gasteiger partial charge in [0.25, 0.3) is 5.69 Å². The highest BCUT2D eigenvalue weighted by molar-refractivity contribution is 6.30. The molecule has 0 N–H and O–H groups in total. The van der Waals surface area contributed by atoms with Crippen molar-refractivity contribution in [3.05, 3.63) is 74.9 Å². The molecule has 1 aliphatic carbocycles. The van der Waals surface area contributed by atoms with Crippen LogP contribution in [0.2, 0.25) is 5.15 Å². The number of aromatic nitrogens is 2. The molecule has 1 heterocycles. The Labute approximate surface area is 149 Å². The second-order valence-electron chi connectivity index (χ2n) is 5.98. The lowest BCUT2D eigenvalue weighted by atomic mass is 10.0. The van der Waals surface area contributed by atoms with Gasteiger partial charge in [-0.1, -0.05) is 35.9 Å². The molecule has 0 spiro atoms. The third kappa shape index (κ3) is 2.87. The first kappa shape index (κ1) is 15.7. The molecule has 25 heavy (non-hydrogen) atoms. The summed E-state index contributed by atoms with van der Waals surface area (Å²) < 4.78 is 0. The zero-order valence-corrected chi connectivity index (χ0v) is 14.0. The summed E-state index contributed by atoms with van der Waals surface area (Å²) >= 11 is 6.46. The minimum absolute atomic E-state index is 0.0370. The lowest BCUT2D eigenvalue weighted by Crippen LogP contribution is -2.00. The highest BCUT2D eigenvalue weighted by Gasteiger charge is 2.20. The number of halogens is 1. The number of fused-ring (bicyclic) bond motifs is 3. The predicted molar refractivity (Wildman–Crippen MR) is 96.6 cm³/mol. The van der Waals surface area contributed by atoms with Crippen molar-refractivity contribution >= 4 is 17.3 Å². The fourth-order valence-electron chi connectivity index (χ4n) is 3.19. The van der Waals surface area contributed by atoms with E-state index in [-0.39, 0.29) is 5.69 Å². The Morgan fingerprint density at radius 2 is 1.76 bits per heavy atom. The molecule has 0 amide bonds. The van der Waals surface area contributed by atoms with Crippen molar-refractivity contribution in [1.82, 2.24) is 9.97 Å². The van der Waals surface area contributed by atoms with E-state index in [0.29, 0.717) is 16.5 Å². The number of nitro benzene ring substituents is 1. The summed E-state index contributed by atoms with van der Waals surface area (Å²) in [7, 11) is 0. The van der Waals surface area contributed by atoms with Gasteiger partial charge >= 0.3 is 0 Å². The van der Waals surface area contributed by atoms with Crippen LogP contribution in [0.15, 0.2) is 48.5 Å². The van der Waals surface area contributed by atoms with Gasteiger partial charge in [-0.25, -0.2) is 9.97 Å². The first-order valence-corrected chi connectivity index (χ1v) is 8.41. The summed E-state index contributed by atoms with van der Waals surface area (Å²) in [5.41, 5.74) is 4.92. The van der Waals surface area contributed by atoms with Crippen molar-refractivity contribution in [3.63, 3.8) is 0 Å². The summed E-state index contributed by atoms with van der Waals surface area (Å²) in [6.07, 6.45) is 2.82. The van der Waals surface area contributed by atoms with E-state index in [0.717, 1.165) is 36.1 Å². The van der Waals surface area contributed by atoms with Gasteiger partial charge in [-0.05, 0) is 37.0 Å². The Bertz CT molecular complexity index is 971. The molecular formula is C19H14ClN3O2. The van der Waals surface area contributed by atoms with Crippen molar-refractivity contribution in [2.45, 2.75) is 19.3 Å². The van der Waals surface area contributed by atoms with E-state index in [9.17, 15) is 10.1 Å². The van der Waals surface area contributed by atoms with Crippen LogP contribution in [0.5, 0.6) is 0 Å². The monoisotopic (exact) mass is 351 g/mol. The summed E-state index contributed by atoms with van der Waals surface area (Å²) in [5, 5.41) is 11.3. The second kappa shape index (κ2) is 6.26. The van der Waals surface area contributed by atoms with E-state index in [4.69, 9.17) is 16.6 Å². The van der Waals surface area contributed by atoms with Crippen LogP contribution in [0.25, 0.3) is 22.6 Å². The highest BCUT2D eigenvalue weighted by atomic mass is 35.5. The predicted octanol–water partition coefficient (Wildman–Crippen LogP) is 4.86. The summed E-state index contributed by atoms with van der Waals surface area (Å²) in [4.78, 5) is 19.6. The molecule has 2 aromatic carbocycles. The standard InChI is InChI=1S/C19H14ClN3O2/c20-18-16-7-3-5-12-4-1-2-6-15(12)17(16)21-19(22-18)13-8-10-14(11-9-13)23(24)25/h1-2,4,6,8-11H,3,5,7H2. The van der Waals surface area contributed by atoms with Gasteiger partial charge in [0.15, 0.2) is 5.82 Å². The molecule has 0 radical (unpaired) electrons. The van der Waals surface area contributed by atoms with Crippen molar-refractivity contribution in [2.75, 3.05) is 0 Å². The van der Waals surface area contributed by atoms with Crippen molar-refractivity contribution < 1.29 is 4.92 Å². The molecule has 0 fully saturated rings. The third-order valence-electron chi connectivity index (χ3n) is 4.44. The van der Waals surface area contributed by atoms with Crippen LogP contribution >= 0.6 is 11.6 Å². The van der Waals surface area contributed by atoms with Gasteiger partial charge < -0.3 is 0 Å². The topological polar surface area (TPSA) is 68.9 Å². The van der Waals surface area contributed by atoms with Crippen LogP contribution in [0.3, 0.4) is 0 Å². The zero-order valence-electron chi connectivity index (χ0n) is 13.3. The average molecular weight is 352 g/mol. The molecule has 124 valence electrons. The highest BCUT2D eigenvalue weighted by Crippen LogP contribution is 2.35. The Kier molecular flexibility index (Phi) is 3.93. The number of nitro groups is 1. The fourth-order valence-corrected chi connectivity index (χ4v) is 3.45. The number of aryl methyl sites for hydroxylation is 1. The zero-order chi connectivity index (χ0) is 17.4. The lowest BCUT2D eigenvalue weighted by molar-refractivity contribution is -0.384. The number of non-ortho nitro benzene ring substituents is 1. The van der Waals surface area contributed by atoms with Gasteiger partial charge in [0.05, 0.1) is 10.6 Å². The summed E-state index contributed by atoms with van der Waals surface area (Å²) in [5.74, 6) is 0.482. The maximum absolute atomic E-state index is 10.8. The molecule has 3 aromatic rings. The first-order chi connectivity index (χ1) is 12.1. The summed E-state index contributed by atoms with van der Waals surface area (Å²) in [6, 6.07) is 14.4. The molecule has 0 atom stereocenters. The normalized spacial score (nSPS) is 12.8. The minimum atomic E-state index is -0.426. The van der Waals surface area contributed by atoms with Crippen LogP contribution in [-0.4, -0.2) is 14.9 Å². The molecule has 5 nitrogen and oxygen atoms in total. The maximum atomic E-state index is 10.8. The number of rotatable bonds is 2. The molecule has 0 saturated heterocycles. The van der Waals surface area contributed by atoms with Crippen LogP contribution < -0.4 is 0 Å². The number of hydrogen-bond acceptors (Lipinski definition) is 4. The quantitative estimate of drug-likeness (QED) is 0.375. The third-order valence-corrected chi connectivity index (χ3v) is 4.75. The maximum Gasteiger partial charge on any atom is 0.269 e.